The van der Waals surface area contributed by atoms with E-state index in [4.69, 9.17) is 9.47 Å². The molecule has 0 bridgehead atoms. The molecule has 1 aromatic rings. The van der Waals surface area contributed by atoms with E-state index in [2.05, 4.69) is 0 Å². The number of hydrogen-bond donors (Lipinski definition) is 0. The quantitative estimate of drug-likeness (QED) is 0.553. The molecule has 0 aromatic heterocycles. The van der Waals surface area contributed by atoms with Crippen LogP contribution in [0.25, 0.3) is 0 Å². The number of allylic oxidation sites excluding steroid dienone is 1. The van der Waals surface area contributed by atoms with E-state index in [0.717, 1.165) is 0 Å². The molecule has 4 heteroatoms. The van der Waals surface area contributed by atoms with Gasteiger partial charge in [-0.2, -0.15) is 0 Å². The van der Waals surface area contributed by atoms with E-state index in [9.17, 15) is 9.90 Å². The average Bonchev–Trinajstić information content (AvgIpc) is 2.34. The lowest BCUT2D eigenvalue weighted by atomic mass is 10.3. The molecular weight excluding hydrogens is 220 g/mol. The smallest absolute Gasteiger partial charge is 0.187 e. The number of ether oxygens (including phenoxy) is 2. The molecule has 0 aliphatic heterocycles. The Balaban J connectivity index is 2.97. The van der Waals surface area contributed by atoms with Crippen molar-refractivity contribution in [2.24, 2.45) is 0 Å². The zero-order chi connectivity index (χ0) is 12.7. The van der Waals surface area contributed by atoms with Crippen LogP contribution in [0, 0.1) is 0 Å². The summed E-state index contributed by atoms with van der Waals surface area (Å²) in [6, 6.07) is 8.67. The zero-order valence-corrected chi connectivity index (χ0v) is 9.93. The Morgan fingerprint density at radius 2 is 1.88 bits per heavy atom. The average molecular weight is 235 g/mol. The molecule has 0 aliphatic rings. The van der Waals surface area contributed by atoms with Gasteiger partial charge in [0.2, 0.25) is 0 Å². The number of rotatable bonds is 6. The molecule has 1 aromatic carbocycles. The van der Waals surface area contributed by atoms with E-state index in [1.165, 1.54) is 0 Å². The van der Waals surface area contributed by atoms with Gasteiger partial charge in [0.1, 0.15) is 17.5 Å². The summed E-state index contributed by atoms with van der Waals surface area (Å²) < 4.78 is 10.5. The number of hydrogen-bond acceptors (Lipinski definition) is 4. The van der Waals surface area contributed by atoms with Gasteiger partial charge in [0, 0.05) is 6.42 Å². The molecule has 4 nitrogen and oxygen atoms in total. The topological polar surface area (TPSA) is 58.6 Å². The minimum Gasteiger partial charge on any atom is -0.541 e. The summed E-state index contributed by atoms with van der Waals surface area (Å²) in [6.45, 7) is 3.96. The van der Waals surface area contributed by atoms with Crippen LogP contribution in [0.15, 0.2) is 41.9 Å². The molecule has 1 rings (SSSR count). The van der Waals surface area contributed by atoms with Gasteiger partial charge in [0.25, 0.3) is 0 Å². The number of carbonyl (C=O) groups is 1. The first-order chi connectivity index (χ1) is 8.19. The van der Waals surface area contributed by atoms with Crippen LogP contribution in [0.4, 0.5) is 0 Å². The van der Waals surface area contributed by atoms with Crippen molar-refractivity contribution in [3.63, 3.8) is 0 Å². The van der Waals surface area contributed by atoms with Crippen molar-refractivity contribution in [1.82, 2.24) is 0 Å². The van der Waals surface area contributed by atoms with Gasteiger partial charge < -0.3 is 19.4 Å². The summed E-state index contributed by atoms with van der Waals surface area (Å²) in [5, 5.41) is 11.0. The molecule has 0 aliphatic carbocycles. The van der Waals surface area contributed by atoms with Crippen LogP contribution < -0.4 is 9.84 Å². The Hall–Kier alpha value is -1.97. The van der Waals surface area contributed by atoms with Crippen LogP contribution in [0.3, 0.4) is 0 Å². The first-order valence-corrected chi connectivity index (χ1v) is 5.49. The van der Waals surface area contributed by atoms with Crippen LogP contribution in [-0.4, -0.2) is 12.6 Å². The Morgan fingerprint density at radius 1 is 1.24 bits per heavy atom. The third-order valence-corrected chi connectivity index (χ3v) is 2.04. The molecule has 0 spiro atoms. The molecule has 0 radical (unpaired) electrons. The van der Waals surface area contributed by atoms with E-state index in [0.29, 0.717) is 18.8 Å². The highest BCUT2D eigenvalue weighted by Gasteiger charge is 2.10. The Bertz CT molecular complexity index is 395. The monoisotopic (exact) mass is 235 g/mol. The summed E-state index contributed by atoms with van der Waals surface area (Å²) >= 11 is 0. The van der Waals surface area contributed by atoms with Gasteiger partial charge in [-0.15, -0.1) is 0 Å². The normalized spacial score (nSPS) is 11.6. The van der Waals surface area contributed by atoms with Crippen LogP contribution >= 0.6 is 0 Å². The number of carboxylic acids is 1. The molecule has 0 atom stereocenters. The van der Waals surface area contributed by atoms with Gasteiger partial charge >= 0.3 is 0 Å². The molecule has 0 unspecified atom stereocenters. The lowest BCUT2D eigenvalue weighted by molar-refractivity contribution is -0.302. The lowest BCUT2D eigenvalue weighted by Crippen LogP contribution is -2.29. The van der Waals surface area contributed by atoms with Crippen molar-refractivity contribution in [1.29, 1.82) is 0 Å². The predicted molar refractivity (Wildman–Crippen MR) is 61.0 cm³/mol. The Morgan fingerprint density at radius 3 is 2.35 bits per heavy atom. The van der Waals surface area contributed by atoms with Gasteiger partial charge in [-0.05, 0) is 19.1 Å². The van der Waals surface area contributed by atoms with E-state index >= 15 is 0 Å². The minimum atomic E-state index is -1.38. The SMILES string of the molecule is CCO/C(CC)=C(/Oc1ccccc1)C(=O)[O-]. The number of carbonyl (C=O) groups excluding carboxylic acids is 1. The Kier molecular flexibility index (Phi) is 5.07. The van der Waals surface area contributed by atoms with E-state index in [1.807, 2.05) is 6.07 Å². The fraction of sp³-hybridized carbons (Fsp3) is 0.308. The summed E-state index contributed by atoms with van der Waals surface area (Å²) in [4.78, 5) is 11.0. The van der Waals surface area contributed by atoms with Gasteiger partial charge in [-0.3, -0.25) is 0 Å². The first kappa shape index (κ1) is 13.1. The van der Waals surface area contributed by atoms with Crippen molar-refractivity contribution < 1.29 is 19.4 Å². The molecular formula is C13H15O4-. The molecule has 0 heterocycles. The molecule has 0 saturated carbocycles. The molecule has 17 heavy (non-hydrogen) atoms. The maximum Gasteiger partial charge on any atom is 0.187 e. The highest BCUT2D eigenvalue weighted by molar-refractivity contribution is 5.83. The van der Waals surface area contributed by atoms with Gasteiger partial charge in [0.05, 0.1) is 6.61 Å². The first-order valence-electron chi connectivity index (χ1n) is 5.49. The number of aliphatic carboxylic acids is 1. The standard InChI is InChI=1S/C13H16O4/c1-3-11(16-4-2)12(13(14)15)17-10-8-6-5-7-9-10/h5-9H,3-4H2,1-2H3,(H,14,15)/p-1/b12-11+. The largest absolute Gasteiger partial charge is 0.541 e. The van der Waals surface area contributed by atoms with Gasteiger partial charge in [-0.1, -0.05) is 25.1 Å². The maximum absolute atomic E-state index is 11.0. The van der Waals surface area contributed by atoms with Crippen molar-refractivity contribution in [3.05, 3.63) is 41.9 Å². The van der Waals surface area contributed by atoms with Crippen LogP contribution in [0.1, 0.15) is 20.3 Å². The minimum absolute atomic E-state index is 0.263. The summed E-state index contributed by atoms with van der Waals surface area (Å²) in [5.74, 6) is -0.909. The third kappa shape index (κ3) is 3.83. The maximum atomic E-state index is 11.0. The van der Waals surface area contributed by atoms with Crippen molar-refractivity contribution in [2.45, 2.75) is 20.3 Å². The van der Waals surface area contributed by atoms with Crippen molar-refractivity contribution in [2.75, 3.05) is 6.61 Å². The van der Waals surface area contributed by atoms with E-state index in [1.54, 1.807) is 38.1 Å². The second-order valence-electron chi connectivity index (χ2n) is 3.24. The highest BCUT2D eigenvalue weighted by Crippen LogP contribution is 2.17. The molecule has 0 N–H and O–H groups in total. The van der Waals surface area contributed by atoms with Gasteiger partial charge in [-0.25, -0.2) is 0 Å². The summed E-state index contributed by atoms with van der Waals surface area (Å²) in [7, 11) is 0. The van der Waals surface area contributed by atoms with E-state index < -0.39 is 5.97 Å². The predicted octanol–water partition coefficient (Wildman–Crippen LogP) is 1.47. The third-order valence-electron chi connectivity index (χ3n) is 2.04. The summed E-state index contributed by atoms with van der Waals surface area (Å²) in [5.41, 5.74) is 0. The Labute approximate surface area is 100 Å². The molecule has 0 saturated heterocycles. The number of benzene rings is 1. The second kappa shape index (κ2) is 6.58. The van der Waals surface area contributed by atoms with Crippen molar-refractivity contribution in [3.8, 4) is 5.75 Å². The summed E-state index contributed by atoms with van der Waals surface area (Å²) in [6.07, 6.45) is 0.435. The van der Waals surface area contributed by atoms with Crippen LogP contribution in [0.2, 0.25) is 0 Å². The molecule has 0 fully saturated rings. The van der Waals surface area contributed by atoms with Crippen LogP contribution in [-0.2, 0) is 9.53 Å². The lowest BCUT2D eigenvalue weighted by Gasteiger charge is -2.16. The zero-order valence-electron chi connectivity index (χ0n) is 9.93. The molecule has 0 amide bonds. The highest BCUT2D eigenvalue weighted by atomic mass is 16.5. The number of carboxylic acid groups (broad SMARTS) is 1. The van der Waals surface area contributed by atoms with Crippen LogP contribution in [0.5, 0.6) is 5.75 Å². The van der Waals surface area contributed by atoms with E-state index in [-0.39, 0.29) is 11.5 Å². The second-order valence-corrected chi connectivity index (χ2v) is 3.24. The fourth-order valence-electron chi connectivity index (χ4n) is 1.32. The molecule has 92 valence electrons. The number of para-hydroxylation sites is 1. The van der Waals surface area contributed by atoms with Crippen molar-refractivity contribution >= 4 is 5.97 Å². The van der Waals surface area contributed by atoms with Gasteiger partial charge in [0.15, 0.2) is 5.76 Å². The fourth-order valence-corrected chi connectivity index (χ4v) is 1.32.